The molecular formula is C13H9Cl2N3S. The van der Waals surface area contributed by atoms with Crippen molar-refractivity contribution < 1.29 is 0 Å². The Balaban J connectivity index is 1.92. The van der Waals surface area contributed by atoms with Crippen LogP contribution in [-0.2, 0) is 6.54 Å². The maximum Gasteiger partial charge on any atom is 0.131 e. The Morgan fingerprint density at radius 2 is 2.00 bits per heavy atom. The summed E-state index contributed by atoms with van der Waals surface area (Å²) in [7, 11) is 0. The van der Waals surface area contributed by atoms with Crippen molar-refractivity contribution in [3.05, 3.63) is 51.7 Å². The standard InChI is InChI=1S/C13H9Cl2N3S/c14-9-7-19-13-10(5-11(15)18-12(9)13)17-6-8-1-3-16-4-2-8/h1-5,7H,6H2,(H,17,18). The molecule has 0 unspecified atom stereocenters. The molecule has 0 aromatic carbocycles. The Bertz CT molecular complexity index is 712. The van der Waals surface area contributed by atoms with Crippen LogP contribution in [0, 0.1) is 0 Å². The van der Waals surface area contributed by atoms with E-state index in [1.165, 1.54) is 0 Å². The average molecular weight is 310 g/mol. The van der Waals surface area contributed by atoms with Crippen molar-refractivity contribution in [2.75, 3.05) is 5.32 Å². The quantitative estimate of drug-likeness (QED) is 0.718. The average Bonchev–Trinajstić information content (AvgIpc) is 2.79. The lowest BCUT2D eigenvalue weighted by Crippen LogP contribution is -2.00. The molecule has 96 valence electrons. The second kappa shape index (κ2) is 5.33. The maximum atomic E-state index is 6.09. The third kappa shape index (κ3) is 2.66. The number of hydrogen-bond acceptors (Lipinski definition) is 4. The highest BCUT2D eigenvalue weighted by molar-refractivity contribution is 7.18. The Kier molecular flexibility index (Phi) is 3.55. The van der Waals surface area contributed by atoms with E-state index in [4.69, 9.17) is 23.2 Å². The van der Waals surface area contributed by atoms with Gasteiger partial charge in [-0.3, -0.25) is 4.98 Å². The molecule has 1 N–H and O–H groups in total. The number of halogens is 2. The summed E-state index contributed by atoms with van der Waals surface area (Å²) < 4.78 is 1.02. The lowest BCUT2D eigenvalue weighted by Gasteiger charge is -2.08. The molecule has 0 atom stereocenters. The summed E-state index contributed by atoms with van der Waals surface area (Å²) in [5, 5.41) is 6.29. The first-order valence-electron chi connectivity index (χ1n) is 5.60. The molecule has 3 aromatic heterocycles. The first-order valence-corrected chi connectivity index (χ1v) is 7.23. The molecule has 0 aliphatic carbocycles. The number of hydrogen-bond donors (Lipinski definition) is 1. The van der Waals surface area contributed by atoms with E-state index in [1.807, 2.05) is 23.6 Å². The van der Waals surface area contributed by atoms with Gasteiger partial charge in [-0.2, -0.15) is 0 Å². The van der Waals surface area contributed by atoms with Crippen LogP contribution in [0.15, 0.2) is 36.0 Å². The molecule has 19 heavy (non-hydrogen) atoms. The molecule has 3 nitrogen and oxygen atoms in total. The third-order valence-corrected chi connectivity index (χ3v) is 4.29. The van der Waals surface area contributed by atoms with E-state index in [0.29, 0.717) is 16.7 Å². The van der Waals surface area contributed by atoms with E-state index in [-0.39, 0.29) is 0 Å². The van der Waals surface area contributed by atoms with E-state index in [1.54, 1.807) is 23.7 Å². The molecule has 6 heteroatoms. The van der Waals surface area contributed by atoms with Crippen molar-refractivity contribution in [3.63, 3.8) is 0 Å². The summed E-state index contributed by atoms with van der Waals surface area (Å²) in [6, 6.07) is 5.75. The van der Waals surface area contributed by atoms with Gasteiger partial charge in [-0.1, -0.05) is 23.2 Å². The van der Waals surface area contributed by atoms with Gasteiger partial charge in [-0.15, -0.1) is 11.3 Å². The molecule has 0 saturated heterocycles. The summed E-state index contributed by atoms with van der Waals surface area (Å²) >= 11 is 13.7. The number of aromatic nitrogens is 2. The Hall–Kier alpha value is -1.36. The van der Waals surface area contributed by atoms with Gasteiger partial charge in [-0.05, 0) is 17.7 Å². The van der Waals surface area contributed by atoms with Crippen molar-refractivity contribution >= 4 is 50.4 Å². The van der Waals surface area contributed by atoms with Crippen LogP contribution >= 0.6 is 34.5 Å². The fraction of sp³-hybridized carbons (Fsp3) is 0.0769. The molecule has 3 heterocycles. The molecular weight excluding hydrogens is 301 g/mol. The molecule has 0 aliphatic heterocycles. The summed E-state index contributed by atoms with van der Waals surface area (Å²) in [6.45, 7) is 0.702. The number of rotatable bonds is 3. The summed E-state index contributed by atoms with van der Waals surface area (Å²) in [5.74, 6) is 0. The first-order chi connectivity index (χ1) is 9.24. The van der Waals surface area contributed by atoms with E-state index in [0.717, 1.165) is 21.5 Å². The van der Waals surface area contributed by atoms with Gasteiger partial charge in [-0.25, -0.2) is 4.98 Å². The van der Waals surface area contributed by atoms with E-state index < -0.39 is 0 Å². The maximum absolute atomic E-state index is 6.09. The van der Waals surface area contributed by atoms with Crippen LogP contribution in [0.2, 0.25) is 10.2 Å². The van der Waals surface area contributed by atoms with Gasteiger partial charge >= 0.3 is 0 Å². The van der Waals surface area contributed by atoms with Gasteiger partial charge in [0.2, 0.25) is 0 Å². The van der Waals surface area contributed by atoms with Crippen LogP contribution in [0.1, 0.15) is 5.56 Å². The Morgan fingerprint density at radius 1 is 1.21 bits per heavy atom. The van der Waals surface area contributed by atoms with Gasteiger partial charge in [0.25, 0.3) is 0 Å². The van der Waals surface area contributed by atoms with E-state index in [9.17, 15) is 0 Å². The highest BCUT2D eigenvalue weighted by Crippen LogP contribution is 2.35. The predicted octanol–water partition coefficient (Wildman–Crippen LogP) is 4.61. The number of nitrogens with zero attached hydrogens (tertiary/aromatic N) is 2. The number of fused-ring (bicyclic) bond motifs is 1. The molecule has 0 bridgehead atoms. The fourth-order valence-electron chi connectivity index (χ4n) is 1.78. The van der Waals surface area contributed by atoms with Crippen LogP contribution < -0.4 is 5.32 Å². The molecule has 0 fully saturated rings. The molecule has 0 spiro atoms. The summed E-state index contributed by atoms with van der Waals surface area (Å²) in [4.78, 5) is 8.24. The zero-order valence-electron chi connectivity index (χ0n) is 9.73. The van der Waals surface area contributed by atoms with Crippen LogP contribution in [0.3, 0.4) is 0 Å². The highest BCUT2D eigenvalue weighted by Gasteiger charge is 2.10. The molecule has 0 radical (unpaired) electrons. The van der Waals surface area contributed by atoms with Gasteiger partial charge < -0.3 is 5.32 Å². The second-order valence-corrected chi connectivity index (χ2v) is 5.64. The number of thiophene rings is 1. The largest absolute Gasteiger partial charge is 0.380 e. The molecule has 0 aliphatic rings. The SMILES string of the molecule is Clc1cc(NCc2ccncc2)c2scc(Cl)c2n1. The lowest BCUT2D eigenvalue weighted by molar-refractivity contribution is 1.13. The minimum atomic E-state index is 0.435. The van der Waals surface area contributed by atoms with Crippen LogP contribution in [0.5, 0.6) is 0 Å². The molecule has 0 saturated carbocycles. The highest BCUT2D eigenvalue weighted by atomic mass is 35.5. The predicted molar refractivity (Wildman–Crippen MR) is 81.2 cm³/mol. The second-order valence-electron chi connectivity index (χ2n) is 3.96. The first kappa shape index (κ1) is 12.7. The van der Waals surface area contributed by atoms with Crippen LogP contribution in [0.4, 0.5) is 5.69 Å². The van der Waals surface area contributed by atoms with Crippen LogP contribution in [0.25, 0.3) is 10.2 Å². The van der Waals surface area contributed by atoms with E-state index >= 15 is 0 Å². The topological polar surface area (TPSA) is 37.8 Å². The number of pyridine rings is 2. The Labute approximate surface area is 124 Å². The smallest absolute Gasteiger partial charge is 0.131 e. The normalized spacial score (nSPS) is 10.8. The van der Waals surface area contributed by atoms with Gasteiger partial charge in [0, 0.05) is 30.4 Å². The van der Waals surface area contributed by atoms with Crippen molar-refractivity contribution in [3.8, 4) is 0 Å². The van der Waals surface area contributed by atoms with Crippen LogP contribution in [-0.4, -0.2) is 9.97 Å². The third-order valence-electron chi connectivity index (χ3n) is 2.68. The van der Waals surface area contributed by atoms with Crippen molar-refractivity contribution in [1.82, 2.24) is 9.97 Å². The molecule has 3 rings (SSSR count). The van der Waals surface area contributed by atoms with Crippen molar-refractivity contribution in [1.29, 1.82) is 0 Å². The fourth-order valence-corrected chi connectivity index (χ4v) is 3.16. The monoisotopic (exact) mass is 309 g/mol. The van der Waals surface area contributed by atoms with Gasteiger partial charge in [0.15, 0.2) is 0 Å². The van der Waals surface area contributed by atoms with E-state index in [2.05, 4.69) is 15.3 Å². The van der Waals surface area contributed by atoms with Gasteiger partial charge in [0.05, 0.1) is 15.4 Å². The number of nitrogens with one attached hydrogen (secondary N) is 1. The molecule has 0 amide bonds. The zero-order valence-corrected chi connectivity index (χ0v) is 12.1. The van der Waals surface area contributed by atoms with Crippen molar-refractivity contribution in [2.24, 2.45) is 0 Å². The minimum absolute atomic E-state index is 0.435. The molecule has 3 aromatic rings. The lowest BCUT2D eigenvalue weighted by atomic mass is 10.2. The van der Waals surface area contributed by atoms with Crippen molar-refractivity contribution in [2.45, 2.75) is 6.54 Å². The Morgan fingerprint density at radius 3 is 2.79 bits per heavy atom. The summed E-state index contributed by atoms with van der Waals surface area (Å²) in [6.07, 6.45) is 3.54. The summed E-state index contributed by atoms with van der Waals surface area (Å²) in [5.41, 5.74) is 2.85. The van der Waals surface area contributed by atoms with Gasteiger partial charge in [0.1, 0.15) is 10.7 Å². The number of anilines is 1. The minimum Gasteiger partial charge on any atom is -0.380 e. The zero-order chi connectivity index (χ0) is 13.2.